The van der Waals surface area contributed by atoms with Crippen LogP contribution >= 0.6 is 0 Å². The van der Waals surface area contributed by atoms with Gasteiger partial charge in [-0.15, -0.1) is 0 Å². The number of amides is 2. The number of carbonyl (C=O) groups is 2. The number of fused-ring (bicyclic) bond motifs is 1. The number of hydrogen-bond donors (Lipinski definition) is 2. The molecule has 8 heteroatoms. The number of halogens is 3. The molecule has 0 aromatic heterocycles. The summed E-state index contributed by atoms with van der Waals surface area (Å²) < 4.78 is 38.2. The lowest BCUT2D eigenvalue weighted by atomic mass is 9.94. The van der Waals surface area contributed by atoms with Gasteiger partial charge in [0.25, 0.3) is 0 Å². The van der Waals surface area contributed by atoms with Crippen molar-refractivity contribution in [2.45, 2.75) is 44.3 Å². The van der Waals surface area contributed by atoms with E-state index < -0.39 is 17.6 Å². The van der Waals surface area contributed by atoms with Gasteiger partial charge in [0.05, 0.1) is 12.1 Å². The van der Waals surface area contributed by atoms with E-state index in [0.29, 0.717) is 17.9 Å². The Morgan fingerprint density at radius 1 is 1.07 bits per heavy atom. The summed E-state index contributed by atoms with van der Waals surface area (Å²) in [7, 11) is 0. The Morgan fingerprint density at radius 2 is 1.76 bits per heavy atom. The minimum Gasteiger partial charge on any atom is -0.347 e. The Labute approximate surface area is 168 Å². The van der Waals surface area contributed by atoms with Gasteiger partial charge < -0.3 is 10.6 Å². The zero-order valence-electron chi connectivity index (χ0n) is 16.2. The Hall–Kier alpha value is -2.09. The standard InChI is InChI=1S/C21H26F3N3O2/c22-21(23,24)13-5-4-6-14(9-13)26-18(28)10-25-20(29)19-16-11-27(12-17(16)19)15-7-2-1-3-8-15/h4-6,9,15-17,19H,1-3,7-8,10-12H2,(H,25,29)(H,26,28)/t16-,17+,19?. The first-order valence-corrected chi connectivity index (χ1v) is 10.3. The zero-order chi connectivity index (χ0) is 20.6. The number of nitrogens with zero attached hydrogens (tertiary/aromatic N) is 1. The van der Waals surface area contributed by atoms with Gasteiger partial charge in [0.2, 0.25) is 11.8 Å². The highest BCUT2D eigenvalue weighted by Crippen LogP contribution is 2.52. The second kappa shape index (κ2) is 7.97. The highest BCUT2D eigenvalue weighted by Gasteiger charge is 2.59. The van der Waals surface area contributed by atoms with Crippen molar-refractivity contribution in [3.05, 3.63) is 29.8 Å². The fourth-order valence-electron chi connectivity index (χ4n) is 4.96. The molecule has 0 bridgehead atoms. The van der Waals surface area contributed by atoms with Crippen LogP contribution in [0.25, 0.3) is 0 Å². The summed E-state index contributed by atoms with van der Waals surface area (Å²) in [6, 6.07) is 5.11. The molecule has 2 saturated carbocycles. The molecule has 5 nitrogen and oxygen atoms in total. The highest BCUT2D eigenvalue weighted by atomic mass is 19.4. The monoisotopic (exact) mass is 409 g/mol. The maximum Gasteiger partial charge on any atom is 0.416 e. The lowest BCUT2D eigenvalue weighted by Gasteiger charge is -2.32. The molecule has 2 aliphatic carbocycles. The van der Waals surface area contributed by atoms with Gasteiger partial charge in [-0.3, -0.25) is 14.5 Å². The first-order chi connectivity index (χ1) is 13.8. The van der Waals surface area contributed by atoms with Crippen LogP contribution in [0.1, 0.15) is 37.7 Å². The Kier molecular flexibility index (Phi) is 5.55. The summed E-state index contributed by atoms with van der Waals surface area (Å²) in [5, 5.41) is 5.05. The Bertz CT molecular complexity index is 765. The molecule has 1 aromatic rings. The van der Waals surface area contributed by atoms with E-state index in [1.165, 1.54) is 44.2 Å². The fourth-order valence-corrected chi connectivity index (χ4v) is 4.96. The van der Waals surface area contributed by atoms with Crippen LogP contribution in [0.3, 0.4) is 0 Å². The summed E-state index contributed by atoms with van der Waals surface area (Å²) in [6.07, 6.45) is 1.95. The lowest BCUT2D eigenvalue weighted by molar-refractivity contribution is -0.137. The van der Waals surface area contributed by atoms with E-state index >= 15 is 0 Å². The molecule has 29 heavy (non-hydrogen) atoms. The number of piperidine rings is 1. The quantitative estimate of drug-likeness (QED) is 0.785. The number of anilines is 1. The molecule has 1 unspecified atom stereocenters. The minimum absolute atomic E-state index is 0.0313. The van der Waals surface area contributed by atoms with Crippen LogP contribution in [0.2, 0.25) is 0 Å². The van der Waals surface area contributed by atoms with Crippen LogP contribution in [0.15, 0.2) is 24.3 Å². The second-order valence-electron chi connectivity index (χ2n) is 8.44. The summed E-state index contributed by atoms with van der Waals surface area (Å²) in [4.78, 5) is 26.9. The van der Waals surface area contributed by atoms with Gasteiger partial charge in [-0.1, -0.05) is 25.3 Å². The van der Waals surface area contributed by atoms with Gasteiger partial charge in [-0.05, 0) is 42.9 Å². The third kappa shape index (κ3) is 4.57. The topological polar surface area (TPSA) is 61.4 Å². The molecule has 0 spiro atoms. The van der Waals surface area contributed by atoms with Crippen molar-refractivity contribution in [3.8, 4) is 0 Å². The summed E-state index contributed by atoms with van der Waals surface area (Å²) in [5.41, 5.74) is -0.766. The van der Waals surface area contributed by atoms with Gasteiger partial charge in [0.15, 0.2) is 0 Å². The summed E-state index contributed by atoms with van der Waals surface area (Å²) >= 11 is 0. The number of carbonyl (C=O) groups excluding carboxylic acids is 2. The van der Waals surface area contributed by atoms with Crippen LogP contribution in [0, 0.1) is 17.8 Å². The first-order valence-electron chi connectivity index (χ1n) is 10.3. The molecule has 2 amide bonds. The number of benzene rings is 1. The second-order valence-corrected chi connectivity index (χ2v) is 8.44. The Balaban J connectivity index is 1.21. The molecule has 4 rings (SSSR count). The maximum absolute atomic E-state index is 12.7. The molecule has 3 aliphatic rings. The molecule has 1 saturated heterocycles. The zero-order valence-corrected chi connectivity index (χ0v) is 16.2. The minimum atomic E-state index is -4.47. The molecule has 3 atom stereocenters. The fraction of sp³-hybridized carbons (Fsp3) is 0.619. The average Bonchev–Trinajstić information content (AvgIpc) is 3.20. The van der Waals surface area contributed by atoms with Crippen LogP contribution in [0.5, 0.6) is 0 Å². The van der Waals surface area contributed by atoms with Crippen molar-refractivity contribution in [1.82, 2.24) is 10.2 Å². The van der Waals surface area contributed by atoms with Crippen molar-refractivity contribution >= 4 is 17.5 Å². The SMILES string of the molecule is O=C(CNC(=O)C1[C@H]2CN(C3CCCCC3)C[C@@H]12)Nc1cccc(C(F)(F)F)c1. The molecule has 1 heterocycles. The molecule has 0 radical (unpaired) electrons. The van der Waals surface area contributed by atoms with E-state index in [2.05, 4.69) is 15.5 Å². The molecular weight excluding hydrogens is 383 g/mol. The Morgan fingerprint density at radius 3 is 2.41 bits per heavy atom. The van der Waals surface area contributed by atoms with E-state index in [4.69, 9.17) is 0 Å². The predicted molar refractivity (Wildman–Crippen MR) is 102 cm³/mol. The molecule has 1 aliphatic heterocycles. The normalized spacial score (nSPS) is 27.3. The number of alkyl halides is 3. The van der Waals surface area contributed by atoms with E-state index in [0.717, 1.165) is 25.2 Å². The van der Waals surface area contributed by atoms with E-state index in [-0.39, 0.29) is 24.1 Å². The number of hydrogen-bond acceptors (Lipinski definition) is 3. The number of nitrogens with one attached hydrogen (secondary N) is 2. The molecule has 1 aromatic carbocycles. The van der Waals surface area contributed by atoms with Crippen LogP contribution < -0.4 is 10.6 Å². The van der Waals surface area contributed by atoms with Gasteiger partial charge in [0.1, 0.15) is 0 Å². The summed E-state index contributed by atoms with van der Waals surface area (Å²) in [6.45, 7) is 1.69. The van der Waals surface area contributed by atoms with Gasteiger partial charge in [-0.25, -0.2) is 0 Å². The van der Waals surface area contributed by atoms with E-state index in [1.807, 2.05) is 0 Å². The smallest absolute Gasteiger partial charge is 0.347 e. The van der Waals surface area contributed by atoms with Crippen LogP contribution in [-0.2, 0) is 15.8 Å². The van der Waals surface area contributed by atoms with Crippen molar-refractivity contribution in [2.24, 2.45) is 17.8 Å². The van der Waals surface area contributed by atoms with Gasteiger partial charge in [0, 0.05) is 30.7 Å². The molecule has 158 valence electrons. The third-order valence-electron chi connectivity index (χ3n) is 6.51. The first kappa shape index (κ1) is 20.2. The highest BCUT2D eigenvalue weighted by molar-refractivity contribution is 5.95. The molecule has 2 N–H and O–H groups in total. The molecular formula is C21H26F3N3O2. The van der Waals surface area contributed by atoms with E-state index in [9.17, 15) is 22.8 Å². The van der Waals surface area contributed by atoms with Gasteiger partial charge in [-0.2, -0.15) is 13.2 Å². The largest absolute Gasteiger partial charge is 0.416 e. The van der Waals surface area contributed by atoms with Crippen LogP contribution in [-0.4, -0.2) is 42.4 Å². The summed E-state index contributed by atoms with van der Waals surface area (Å²) in [5.74, 6) is 0.0675. The van der Waals surface area contributed by atoms with Gasteiger partial charge >= 0.3 is 6.18 Å². The van der Waals surface area contributed by atoms with Crippen molar-refractivity contribution < 1.29 is 22.8 Å². The number of rotatable bonds is 5. The lowest BCUT2D eigenvalue weighted by Crippen LogP contribution is -2.40. The average molecular weight is 409 g/mol. The number of likely N-dealkylation sites (tertiary alicyclic amines) is 1. The van der Waals surface area contributed by atoms with Crippen molar-refractivity contribution in [1.29, 1.82) is 0 Å². The van der Waals surface area contributed by atoms with Crippen molar-refractivity contribution in [2.75, 3.05) is 25.0 Å². The maximum atomic E-state index is 12.7. The van der Waals surface area contributed by atoms with Crippen molar-refractivity contribution in [3.63, 3.8) is 0 Å². The third-order valence-corrected chi connectivity index (χ3v) is 6.51. The van der Waals surface area contributed by atoms with E-state index in [1.54, 1.807) is 0 Å². The van der Waals surface area contributed by atoms with Crippen LogP contribution in [0.4, 0.5) is 18.9 Å². The molecule has 3 fully saturated rings. The predicted octanol–water partition coefficient (Wildman–Crippen LogP) is 3.27.